The van der Waals surface area contributed by atoms with Gasteiger partial charge in [-0.05, 0) is 13.8 Å². The number of alkyl halides is 1. The SMILES string of the molecule is COP1(=O)OC[C@H]2O[C@@H](n3cnc4c(=O)[nH]c(N)nc43)C(OP(=O)(SCOC(=O)OC(C)C)OCC3OC(n4cnc5c(N)ncnc54)C(F)C3O1)C2O. The standard InChI is InChI=1S/C26H33FN10O14P2S/c1-10(2)47-26(40)44-9-54-53(42)46-5-12-17(13(27)23(49-12)36-7-32-14-19(28)30-6-31-20(14)36)50-52(41,43-3)45-4-11-16(38)18(51-53)24(48-11)37-8-33-15-21(37)34-25(29)35-22(15)39/h6-8,10-13,16-18,23-24,38H,4-5,9H2,1-3H3,(H2,28,30,31)(H3,29,34,35,39)/t11-,12?,13?,16?,17?,18?,23?,24-,52?,53?/m1/s1. The fourth-order valence-electron chi connectivity index (χ4n) is 5.77. The van der Waals surface area contributed by atoms with Crippen LogP contribution in [-0.2, 0) is 50.7 Å². The van der Waals surface area contributed by atoms with Crippen molar-refractivity contribution in [1.29, 1.82) is 0 Å². The fourth-order valence-corrected chi connectivity index (χ4v) is 9.67. The number of aliphatic hydroxyl groups is 1. The zero-order valence-corrected chi connectivity index (χ0v) is 30.9. The van der Waals surface area contributed by atoms with Crippen molar-refractivity contribution in [2.45, 2.75) is 69.1 Å². The zero-order valence-electron chi connectivity index (χ0n) is 28.3. The lowest BCUT2D eigenvalue weighted by atomic mass is 10.1. The number of nitrogens with one attached hydrogen (secondary N) is 1. The molecule has 0 amide bonds. The number of phosphoric ester groups is 1. The Bertz CT molecular complexity index is 2190. The van der Waals surface area contributed by atoms with E-state index in [0.29, 0.717) is 11.4 Å². The minimum Gasteiger partial charge on any atom is -0.432 e. The Balaban J connectivity index is 1.25. The van der Waals surface area contributed by atoms with Gasteiger partial charge in [0, 0.05) is 18.5 Å². The first-order chi connectivity index (χ1) is 25.7. The van der Waals surface area contributed by atoms with Gasteiger partial charge in [-0.25, -0.2) is 38.3 Å². The molecular formula is C26H33FN10O14P2S. The molecular weight excluding hydrogens is 789 g/mol. The number of imidazole rings is 2. The van der Waals surface area contributed by atoms with Gasteiger partial charge < -0.3 is 35.5 Å². The molecule has 54 heavy (non-hydrogen) atoms. The smallest absolute Gasteiger partial charge is 0.432 e. The second-order valence-corrected chi connectivity index (χ2v) is 17.7. The van der Waals surface area contributed by atoms with Crippen molar-refractivity contribution in [2.75, 3.05) is 37.7 Å². The highest BCUT2D eigenvalue weighted by Gasteiger charge is 2.55. The normalized spacial score (nSPS) is 33.3. The minimum absolute atomic E-state index is 0.00766. The maximum atomic E-state index is 16.4. The van der Waals surface area contributed by atoms with Gasteiger partial charge in [-0.3, -0.25) is 41.5 Å². The summed E-state index contributed by atoms with van der Waals surface area (Å²) in [7, 11) is -3.73. The topological polar surface area (TPSA) is 314 Å². The van der Waals surface area contributed by atoms with Crippen molar-refractivity contribution < 1.29 is 65.0 Å². The van der Waals surface area contributed by atoms with Crippen molar-refractivity contribution in [1.82, 2.24) is 39.0 Å². The Morgan fingerprint density at radius 1 is 1.04 bits per heavy atom. The van der Waals surface area contributed by atoms with Gasteiger partial charge in [-0.1, -0.05) is 0 Å². The summed E-state index contributed by atoms with van der Waals surface area (Å²) in [6.07, 6.45) is -11.5. The van der Waals surface area contributed by atoms with E-state index >= 15 is 4.39 Å². The highest BCUT2D eigenvalue weighted by Crippen LogP contribution is 2.64. The van der Waals surface area contributed by atoms with E-state index in [9.17, 15) is 23.8 Å². The van der Waals surface area contributed by atoms with Crippen LogP contribution in [0.3, 0.4) is 0 Å². The number of anilines is 2. The second kappa shape index (κ2) is 15.0. The van der Waals surface area contributed by atoms with E-state index in [0.717, 1.165) is 19.8 Å². The summed E-state index contributed by atoms with van der Waals surface area (Å²) in [4.78, 5) is 47.3. The Kier molecular flexibility index (Phi) is 10.7. The monoisotopic (exact) mass is 822 g/mol. The number of fused-ring (bicyclic) bond motifs is 5. The quantitative estimate of drug-likeness (QED) is 0.117. The van der Waals surface area contributed by atoms with E-state index in [1.165, 1.54) is 15.5 Å². The molecule has 28 heteroatoms. The van der Waals surface area contributed by atoms with E-state index in [-0.39, 0.29) is 34.1 Å². The molecule has 3 aliphatic rings. The van der Waals surface area contributed by atoms with Crippen molar-refractivity contribution in [3.8, 4) is 0 Å². The predicted octanol–water partition coefficient (Wildman–Crippen LogP) is 1.55. The summed E-state index contributed by atoms with van der Waals surface area (Å²) < 4.78 is 97.4. The molecule has 24 nitrogen and oxygen atoms in total. The summed E-state index contributed by atoms with van der Waals surface area (Å²) in [5, 5.41) is 11.5. The van der Waals surface area contributed by atoms with E-state index in [1.807, 2.05) is 0 Å². The average Bonchev–Trinajstić information content (AvgIpc) is 3.88. The minimum atomic E-state index is -4.71. The van der Waals surface area contributed by atoms with Crippen LogP contribution in [-0.4, -0.2) is 119 Å². The highest BCUT2D eigenvalue weighted by molar-refractivity contribution is 8.55. The lowest BCUT2D eigenvalue weighted by molar-refractivity contribution is -0.0629. The number of nitrogens with zero attached hydrogens (tertiary/aromatic N) is 7. The molecule has 8 unspecified atom stereocenters. The van der Waals surface area contributed by atoms with Gasteiger partial charge in [0.2, 0.25) is 5.95 Å². The average molecular weight is 823 g/mol. The first kappa shape index (κ1) is 38.5. The summed E-state index contributed by atoms with van der Waals surface area (Å²) in [5.41, 5.74) is 10.9. The Morgan fingerprint density at radius 2 is 1.74 bits per heavy atom. The number of carbonyl (C=O) groups excluding carboxylic acids is 1. The lowest BCUT2D eigenvalue weighted by Gasteiger charge is -2.28. The zero-order chi connectivity index (χ0) is 38.5. The van der Waals surface area contributed by atoms with Crippen LogP contribution >= 0.6 is 26.0 Å². The molecule has 3 saturated heterocycles. The van der Waals surface area contributed by atoms with Crippen LogP contribution in [0.4, 0.5) is 21.0 Å². The van der Waals surface area contributed by atoms with Crippen molar-refractivity contribution in [3.05, 3.63) is 29.3 Å². The number of halogens is 1. The summed E-state index contributed by atoms with van der Waals surface area (Å²) in [5.74, 6) is -0.935. The molecule has 3 fully saturated rings. The van der Waals surface area contributed by atoms with Crippen LogP contribution in [0.5, 0.6) is 0 Å². The summed E-state index contributed by atoms with van der Waals surface area (Å²) >= 11 is 0.359. The summed E-state index contributed by atoms with van der Waals surface area (Å²) in [6.45, 7) is -3.01. The molecule has 0 saturated carbocycles. The molecule has 0 aliphatic carbocycles. The van der Waals surface area contributed by atoms with Gasteiger partial charge in [-0.2, -0.15) is 4.98 Å². The van der Waals surface area contributed by atoms with Gasteiger partial charge in [0.25, 0.3) is 5.56 Å². The van der Waals surface area contributed by atoms with Gasteiger partial charge in [0.1, 0.15) is 42.4 Å². The molecule has 2 bridgehead atoms. The number of phosphoric acid groups is 1. The number of nitrogens with two attached hydrogens (primary N) is 2. The second-order valence-electron chi connectivity index (χ2n) is 12.0. The number of ether oxygens (including phenoxy) is 4. The lowest BCUT2D eigenvalue weighted by Crippen LogP contribution is -2.35. The molecule has 4 aromatic rings. The Morgan fingerprint density at radius 3 is 2.48 bits per heavy atom. The molecule has 0 radical (unpaired) electrons. The first-order valence-corrected chi connectivity index (χ1v) is 20.5. The number of rotatable bonds is 7. The van der Waals surface area contributed by atoms with E-state index in [4.69, 9.17) is 53.0 Å². The largest absolute Gasteiger partial charge is 0.509 e. The van der Waals surface area contributed by atoms with Crippen molar-refractivity contribution in [2.24, 2.45) is 0 Å². The molecule has 4 aromatic heterocycles. The highest BCUT2D eigenvalue weighted by atomic mass is 32.7. The third kappa shape index (κ3) is 7.43. The first-order valence-electron chi connectivity index (χ1n) is 15.9. The van der Waals surface area contributed by atoms with Crippen LogP contribution in [0.25, 0.3) is 22.3 Å². The van der Waals surface area contributed by atoms with Gasteiger partial charge in [0.05, 0.1) is 32.0 Å². The van der Waals surface area contributed by atoms with E-state index in [1.54, 1.807) is 13.8 Å². The Hall–Kier alpha value is -3.81. The van der Waals surface area contributed by atoms with Crippen LogP contribution < -0.4 is 17.0 Å². The molecule has 10 atom stereocenters. The molecule has 6 N–H and O–H groups in total. The number of aromatic amines is 1. The molecule has 7 heterocycles. The van der Waals surface area contributed by atoms with Gasteiger partial charge >= 0.3 is 20.8 Å². The molecule has 0 spiro atoms. The third-order valence-corrected chi connectivity index (χ3v) is 13.0. The fraction of sp³-hybridized carbons (Fsp3) is 0.577. The van der Waals surface area contributed by atoms with E-state index in [2.05, 4.69) is 29.9 Å². The number of aromatic nitrogens is 8. The van der Waals surface area contributed by atoms with Crippen molar-refractivity contribution >= 4 is 66.3 Å². The molecule has 3 aliphatic heterocycles. The van der Waals surface area contributed by atoms with Crippen LogP contribution in [0, 0.1) is 0 Å². The number of aliphatic hydroxyl groups excluding tert-OH is 1. The number of H-pyrrole nitrogens is 1. The maximum absolute atomic E-state index is 16.4. The number of hydrogen-bond donors (Lipinski definition) is 4. The molecule has 294 valence electrons. The van der Waals surface area contributed by atoms with Crippen LogP contribution in [0.15, 0.2) is 23.8 Å². The summed E-state index contributed by atoms with van der Waals surface area (Å²) in [6, 6.07) is 0. The maximum Gasteiger partial charge on any atom is 0.509 e. The number of carbonyl (C=O) groups is 1. The van der Waals surface area contributed by atoms with Crippen LogP contribution in [0.2, 0.25) is 0 Å². The predicted molar refractivity (Wildman–Crippen MR) is 180 cm³/mol. The van der Waals surface area contributed by atoms with Gasteiger partial charge in [0.15, 0.2) is 47.2 Å². The number of hydrogen-bond acceptors (Lipinski definition) is 22. The van der Waals surface area contributed by atoms with Crippen molar-refractivity contribution in [3.63, 3.8) is 0 Å². The Labute approximate surface area is 306 Å². The molecule has 0 aromatic carbocycles. The molecule has 7 rings (SSSR count). The third-order valence-electron chi connectivity index (χ3n) is 8.20. The van der Waals surface area contributed by atoms with E-state index < -0.39 is 101 Å². The van der Waals surface area contributed by atoms with Gasteiger partial charge in [-0.15, -0.1) is 0 Å². The number of nitrogen functional groups attached to an aromatic ring is 2. The van der Waals surface area contributed by atoms with Crippen LogP contribution in [0.1, 0.15) is 26.3 Å².